The van der Waals surface area contributed by atoms with Crippen LogP contribution >= 0.6 is 0 Å². The maximum absolute atomic E-state index is 11.5. The zero-order valence-electron chi connectivity index (χ0n) is 12.0. The number of aliphatic carboxylic acids is 1. The molecule has 0 saturated heterocycles. The lowest BCUT2D eigenvalue weighted by Crippen LogP contribution is -2.48. The monoisotopic (exact) mass is 272 g/mol. The molecule has 0 aliphatic carbocycles. The summed E-state index contributed by atoms with van der Waals surface area (Å²) in [7, 11) is 0. The number of carbonyl (C=O) groups excluding carboxylic acids is 2. The van der Waals surface area contributed by atoms with Crippen LogP contribution in [0.25, 0.3) is 0 Å². The van der Waals surface area contributed by atoms with Gasteiger partial charge in [0.2, 0.25) is 11.8 Å². The molecule has 2 amide bonds. The second kappa shape index (κ2) is 8.50. The van der Waals surface area contributed by atoms with Crippen LogP contribution in [0.3, 0.4) is 0 Å². The van der Waals surface area contributed by atoms with Gasteiger partial charge in [-0.25, -0.2) is 4.79 Å². The molecule has 19 heavy (non-hydrogen) atoms. The van der Waals surface area contributed by atoms with Crippen LogP contribution in [0.2, 0.25) is 0 Å². The van der Waals surface area contributed by atoms with E-state index < -0.39 is 17.9 Å². The van der Waals surface area contributed by atoms with Crippen LogP contribution < -0.4 is 10.6 Å². The minimum absolute atomic E-state index is 0.187. The number of hydrogen-bond acceptors (Lipinski definition) is 3. The van der Waals surface area contributed by atoms with Gasteiger partial charge in [-0.05, 0) is 18.3 Å². The molecule has 0 saturated carbocycles. The number of rotatable bonds is 8. The molecule has 6 nitrogen and oxygen atoms in total. The van der Waals surface area contributed by atoms with Crippen LogP contribution in [0.1, 0.15) is 40.5 Å². The predicted molar refractivity (Wildman–Crippen MR) is 71.5 cm³/mol. The Balaban J connectivity index is 4.04. The number of amides is 2. The zero-order chi connectivity index (χ0) is 15.0. The molecule has 110 valence electrons. The van der Waals surface area contributed by atoms with Gasteiger partial charge in [0, 0.05) is 6.42 Å². The molecule has 0 aromatic rings. The van der Waals surface area contributed by atoms with Crippen LogP contribution in [-0.2, 0) is 14.4 Å². The van der Waals surface area contributed by atoms with Crippen molar-refractivity contribution in [1.82, 2.24) is 10.6 Å². The van der Waals surface area contributed by atoms with Crippen molar-refractivity contribution in [3.05, 3.63) is 0 Å². The maximum Gasteiger partial charge on any atom is 0.326 e. The van der Waals surface area contributed by atoms with E-state index in [2.05, 4.69) is 10.6 Å². The summed E-state index contributed by atoms with van der Waals surface area (Å²) in [6.45, 7) is 7.26. The fourth-order valence-electron chi connectivity index (χ4n) is 1.43. The Kier molecular flexibility index (Phi) is 7.79. The molecule has 6 heteroatoms. The molecule has 0 unspecified atom stereocenters. The van der Waals surface area contributed by atoms with Gasteiger partial charge < -0.3 is 15.7 Å². The van der Waals surface area contributed by atoms with E-state index >= 15 is 0 Å². The van der Waals surface area contributed by atoms with Crippen LogP contribution in [0.15, 0.2) is 0 Å². The molecule has 0 radical (unpaired) electrons. The van der Waals surface area contributed by atoms with E-state index in [0.29, 0.717) is 12.3 Å². The largest absolute Gasteiger partial charge is 0.480 e. The quantitative estimate of drug-likeness (QED) is 0.608. The molecular weight excluding hydrogens is 248 g/mol. The lowest BCUT2D eigenvalue weighted by Gasteiger charge is -2.18. The number of carboxylic acids is 1. The Labute approximate surface area is 113 Å². The van der Waals surface area contributed by atoms with Crippen LogP contribution in [0, 0.1) is 11.8 Å². The van der Waals surface area contributed by atoms with E-state index in [1.165, 1.54) is 0 Å². The van der Waals surface area contributed by atoms with Gasteiger partial charge in [-0.2, -0.15) is 0 Å². The van der Waals surface area contributed by atoms with E-state index in [9.17, 15) is 14.4 Å². The number of hydrogen-bond donors (Lipinski definition) is 3. The van der Waals surface area contributed by atoms with E-state index in [-0.39, 0.29) is 18.4 Å². The Hall–Kier alpha value is -1.59. The normalized spacial score (nSPS) is 12.3. The molecule has 0 aromatic carbocycles. The second-order valence-electron chi connectivity index (χ2n) is 5.34. The van der Waals surface area contributed by atoms with Gasteiger partial charge in [0.05, 0.1) is 6.54 Å². The highest BCUT2D eigenvalue weighted by Gasteiger charge is 2.23. The fraction of sp³-hybridized carbons (Fsp3) is 0.769. The van der Waals surface area contributed by atoms with Gasteiger partial charge >= 0.3 is 5.97 Å². The molecule has 0 aliphatic heterocycles. The third-order valence-electron chi connectivity index (χ3n) is 2.64. The summed E-state index contributed by atoms with van der Waals surface area (Å²) in [4.78, 5) is 33.8. The van der Waals surface area contributed by atoms with Crippen molar-refractivity contribution in [3.8, 4) is 0 Å². The smallest absolute Gasteiger partial charge is 0.326 e. The minimum Gasteiger partial charge on any atom is -0.480 e. The SMILES string of the molecule is CC(C)CCC(=O)NCC(=O)N[C@@H](C(=O)O)C(C)C. The van der Waals surface area contributed by atoms with Crippen LogP contribution in [-0.4, -0.2) is 35.5 Å². The van der Waals surface area contributed by atoms with Crippen molar-refractivity contribution in [2.45, 2.75) is 46.6 Å². The minimum atomic E-state index is -1.07. The van der Waals surface area contributed by atoms with Crippen molar-refractivity contribution in [2.24, 2.45) is 11.8 Å². The molecule has 0 rings (SSSR count). The summed E-state index contributed by atoms with van der Waals surface area (Å²) in [6, 6.07) is -0.930. The number of carbonyl (C=O) groups is 3. The van der Waals surface area contributed by atoms with Crippen molar-refractivity contribution < 1.29 is 19.5 Å². The van der Waals surface area contributed by atoms with Crippen molar-refractivity contribution in [3.63, 3.8) is 0 Å². The first-order chi connectivity index (χ1) is 8.73. The molecule has 0 fully saturated rings. The highest BCUT2D eigenvalue weighted by molar-refractivity contribution is 5.87. The molecule has 0 heterocycles. The van der Waals surface area contributed by atoms with Gasteiger partial charge in [-0.3, -0.25) is 9.59 Å². The van der Waals surface area contributed by atoms with E-state index in [4.69, 9.17) is 5.11 Å². The Morgan fingerprint density at radius 2 is 1.63 bits per heavy atom. The summed E-state index contributed by atoms with van der Waals surface area (Å²) in [5.74, 6) is -1.54. The highest BCUT2D eigenvalue weighted by Crippen LogP contribution is 2.03. The molecule has 0 aliphatic rings. The van der Waals surface area contributed by atoms with Gasteiger partial charge in [0.25, 0.3) is 0 Å². The summed E-state index contributed by atoms with van der Waals surface area (Å²) in [6.07, 6.45) is 1.13. The summed E-state index contributed by atoms with van der Waals surface area (Å²) in [5, 5.41) is 13.8. The molecule has 0 spiro atoms. The maximum atomic E-state index is 11.5. The second-order valence-corrected chi connectivity index (χ2v) is 5.34. The molecule has 0 aromatic heterocycles. The average molecular weight is 272 g/mol. The van der Waals surface area contributed by atoms with Crippen molar-refractivity contribution in [2.75, 3.05) is 6.54 Å². The molecule has 3 N–H and O–H groups in total. The van der Waals surface area contributed by atoms with Crippen LogP contribution in [0.5, 0.6) is 0 Å². The third-order valence-corrected chi connectivity index (χ3v) is 2.64. The number of carboxylic acid groups (broad SMARTS) is 1. The van der Waals surface area contributed by atoms with Crippen molar-refractivity contribution >= 4 is 17.8 Å². The number of nitrogens with one attached hydrogen (secondary N) is 2. The lowest BCUT2D eigenvalue weighted by atomic mass is 10.0. The van der Waals surface area contributed by atoms with E-state index in [0.717, 1.165) is 6.42 Å². The van der Waals surface area contributed by atoms with Gasteiger partial charge in [0.1, 0.15) is 6.04 Å². The first kappa shape index (κ1) is 17.4. The van der Waals surface area contributed by atoms with Crippen LogP contribution in [0.4, 0.5) is 0 Å². The van der Waals surface area contributed by atoms with Crippen molar-refractivity contribution in [1.29, 1.82) is 0 Å². The Bertz CT molecular complexity index is 327. The summed E-state index contributed by atoms with van der Waals surface area (Å²) in [5.41, 5.74) is 0. The Morgan fingerprint density at radius 3 is 2.05 bits per heavy atom. The Morgan fingerprint density at radius 1 is 1.05 bits per heavy atom. The van der Waals surface area contributed by atoms with Gasteiger partial charge in [-0.1, -0.05) is 27.7 Å². The van der Waals surface area contributed by atoms with E-state index in [1.54, 1.807) is 13.8 Å². The first-order valence-electron chi connectivity index (χ1n) is 6.52. The predicted octanol–water partition coefficient (Wildman–Crippen LogP) is 0.764. The molecule has 0 bridgehead atoms. The zero-order valence-corrected chi connectivity index (χ0v) is 12.0. The summed E-state index contributed by atoms with van der Waals surface area (Å²) >= 11 is 0. The molecular formula is C13H24N2O4. The fourth-order valence-corrected chi connectivity index (χ4v) is 1.43. The standard InChI is InChI=1S/C13H24N2O4/c1-8(2)5-6-10(16)14-7-11(17)15-12(9(3)4)13(18)19/h8-9,12H,5-7H2,1-4H3,(H,14,16)(H,15,17)(H,18,19)/t12-/m1/s1. The lowest BCUT2D eigenvalue weighted by molar-refractivity contribution is -0.143. The van der Waals surface area contributed by atoms with E-state index in [1.807, 2.05) is 13.8 Å². The molecule has 1 atom stereocenters. The van der Waals surface area contributed by atoms with Gasteiger partial charge in [0.15, 0.2) is 0 Å². The average Bonchev–Trinajstić information content (AvgIpc) is 2.29. The topological polar surface area (TPSA) is 95.5 Å². The van der Waals surface area contributed by atoms with Gasteiger partial charge in [-0.15, -0.1) is 0 Å². The highest BCUT2D eigenvalue weighted by atomic mass is 16.4. The summed E-state index contributed by atoms with van der Waals surface area (Å²) < 4.78 is 0. The first-order valence-corrected chi connectivity index (χ1v) is 6.52. The third kappa shape index (κ3) is 8.18.